The van der Waals surface area contributed by atoms with E-state index < -0.39 is 10.0 Å². The van der Waals surface area contributed by atoms with Crippen molar-refractivity contribution in [2.24, 2.45) is 0 Å². The molecule has 0 aromatic carbocycles. The third-order valence-corrected chi connectivity index (χ3v) is 6.14. The Morgan fingerprint density at radius 1 is 1.38 bits per heavy atom. The number of hydrogen-bond acceptors (Lipinski definition) is 2. The zero-order chi connectivity index (χ0) is 11.8. The number of hydrogen-bond donors (Lipinski definition) is 1. The summed E-state index contributed by atoms with van der Waals surface area (Å²) >= 11 is 0. The normalized spacial score (nSPS) is 23.8. The fourth-order valence-corrected chi connectivity index (χ4v) is 5.37. The lowest BCUT2D eigenvalue weighted by Crippen LogP contribution is -2.31. The molecule has 88 valence electrons. The van der Waals surface area contributed by atoms with Crippen LogP contribution >= 0.6 is 10.5 Å². The second kappa shape index (κ2) is 4.31. The topological polar surface area (TPSA) is 46.2 Å². The van der Waals surface area contributed by atoms with Crippen molar-refractivity contribution in [3.8, 4) is 0 Å². The molecule has 0 aromatic rings. The molecule has 0 aromatic heterocycles. The molecule has 2 heterocycles. The van der Waals surface area contributed by atoms with Crippen LogP contribution in [0.4, 0.5) is 0 Å². The molecule has 0 fully saturated rings. The van der Waals surface area contributed by atoms with Gasteiger partial charge in [0, 0.05) is 16.7 Å². The highest BCUT2D eigenvalue weighted by atomic mass is 32.2. The van der Waals surface area contributed by atoms with E-state index in [1.807, 2.05) is 32.1 Å². The van der Waals surface area contributed by atoms with E-state index in [1.54, 1.807) is 6.08 Å². The van der Waals surface area contributed by atoms with Gasteiger partial charge in [0.1, 0.15) is 0 Å². The van der Waals surface area contributed by atoms with Gasteiger partial charge in [0.05, 0.1) is 4.91 Å². The van der Waals surface area contributed by atoms with Crippen molar-refractivity contribution in [1.82, 2.24) is 4.72 Å². The van der Waals surface area contributed by atoms with Gasteiger partial charge >= 0.3 is 0 Å². The Morgan fingerprint density at radius 2 is 2.12 bits per heavy atom. The first-order chi connectivity index (χ1) is 7.49. The Morgan fingerprint density at radius 3 is 2.75 bits per heavy atom. The average molecular weight is 257 g/mol. The lowest BCUT2D eigenvalue weighted by molar-refractivity contribution is 0.576. The summed E-state index contributed by atoms with van der Waals surface area (Å²) in [5.74, 6) is 0.609. The van der Waals surface area contributed by atoms with E-state index in [2.05, 4.69) is 10.1 Å². The number of sulfonamides is 1. The average Bonchev–Trinajstić information content (AvgIpc) is 2.59. The van der Waals surface area contributed by atoms with Crippen molar-refractivity contribution >= 4 is 25.4 Å². The highest BCUT2D eigenvalue weighted by Gasteiger charge is 2.24. The summed E-state index contributed by atoms with van der Waals surface area (Å²) in [5.41, 5.74) is 0. The highest BCUT2D eigenvalue weighted by molar-refractivity contribution is 8.20. The second-order valence-electron chi connectivity index (χ2n) is 4.05. The highest BCUT2D eigenvalue weighted by Crippen LogP contribution is 2.32. The molecule has 3 nitrogen and oxygen atoms in total. The molecular weight excluding hydrogens is 242 g/mol. The first-order valence-corrected chi connectivity index (χ1v) is 8.07. The van der Waals surface area contributed by atoms with Gasteiger partial charge in [-0.15, -0.1) is 10.5 Å². The predicted molar refractivity (Wildman–Crippen MR) is 71.0 cm³/mol. The van der Waals surface area contributed by atoms with Crippen LogP contribution in [0.15, 0.2) is 34.6 Å². The number of rotatable bonds is 3. The molecule has 0 radical (unpaired) electrons. The smallest absolute Gasteiger partial charge is 0.209 e. The van der Waals surface area contributed by atoms with Crippen molar-refractivity contribution in [2.45, 2.75) is 19.9 Å². The zero-order valence-corrected chi connectivity index (χ0v) is 10.9. The lowest BCUT2D eigenvalue weighted by Gasteiger charge is -2.10. The number of nitrogens with one attached hydrogen (secondary N) is 1. The van der Waals surface area contributed by atoms with E-state index in [-0.39, 0.29) is 16.5 Å². The van der Waals surface area contributed by atoms with E-state index in [1.165, 1.54) is 0 Å². The quantitative estimate of drug-likeness (QED) is 0.783. The predicted octanol–water partition coefficient (Wildman–Crippen LogP) is 1.74. The van der Waals surface area contributed by atoms with Gasteiger partial charge in [-0.05, 0) is 31.4 Å². The van der Waals surface area contributed by atoms with E-state index in [9.17, 15) is 8.42 Å². The molecule has 1 atom stereocenters. The molecule has 16 heavy (non-hydrogen) atoms. The fraction of sp³-hybridized carbons (Fsp3) is 0.364. The van der Waals surface area contributed by atoms with E-state index in [0.29, 0.717) is 10.7 Å². The molecule has 1 N–H and O–H groups in total. The fourth-order valence-electron chi connectivity index (χ4n) is 1.61. The SMILES string of the molecule is CC(C)NS(=O)(=O)C1=CC2=S(C=CC=C2)C1. The van der Waals surface area contributed by atoms with Crippen LogP contribution in [-0.4, -0.2) is 25.1 Å². The standard InChI is InChI=1S/C11H15NO2S2/c1-9(2)12-16(13,14)11-7-10-5-3-4-6-15(10)8-11/h3-7,9,12H,8H2,1-2H3. The van der Waals surface area contributed by atoms with Crippen LogP contribution in [-0.2, 0) is 10.0 Å². The van der Waals surface area contributed by atoms with Crippen molar-refractivity contribution in [3.05, 3.63) is 34.6 Å². The maximum atomic E-state index is 12.0. The molecule has 0 aliphatic carbocycles. The molecule has 5 heteroatoms. The molecule has 2 aliphatic heterocycles. The molecule has 0 spiro atoms. The summed E-state index contributed by atoms with van der Waals surface area (Å²) in [6, 6.07) is -0.0621. The first kappa shape index (κ1) is 11.8. The minimum atomic E-state index is -3.29. The molecule has 0 saturated carbocycles. The van der Waals surface area contributed by atoms with Crippen molar-refractivity contribution in [3.63, 3.8) is 0 Å². The Kier molecular flexibility index (Phi) is 3.19. The lowest BCUT2D eigenvalue weighted by atomic mass is 10.3. The summed E-state index contributed by atoms with van der Waals surface area (Å²) in [4.78, 5) is 1.63. The Labute approximate surface area is 98.9 Å². The number of allylic oxidation sites excluding steroid dienone is 4. The van der Waals surface area contributed by atoms with E-state index >= 15 is 0 Å². The largest absolute Gasteiger partial charge is 0.237 e. The van der Waals surface area contributed by atoms with E-state index in [0.717, 1.165) is 4.86 Å². The minimum absolute atomic E-state index is 0.0391. The van der Waals surface area contributed by atoms with Crippen LogP contribution in [0.1, 0.15) is 13.8 Å². The van der Waals surface area contributed by atoms with Crippen molar-refractivity contribution in [2.75, 3.05) is 5.75 Å². The zero-order valence-electron chi connectivity index (χ0n) is 9.30. The van der Waals surface area contributed by atoms with Gasteiger partial charge in [-0.25, -0.2) is 13.1 Å². The van der Waals surface area contributed by atoms with Crippen LogP contribution in [0.2, 0.25) is 0 Å². The van der Waals surface area contributed by atoms with Gasteiger partial charge in [0.25, 0.3) is 0 Å². The van der Waals surface area contributed by atoms with E-state index in [4.69, 9.17) is 0 Å². The summed E-state index contributed by atoms with van der Waals surface area (Å²) in [5, 5.41) is 2.07. The van der Waals surface area contributed by atoms with Crippen LogP contribution in [0.5, 0.6) is 0 Å². The Hall–Kier alpha value is -0.650. The van der Waals surface area contributed by atoms with Crippen LogP contribution < -0.4 is 4.72 Å². The Bertz CT molecular complexity index is 522. The van der Waals surface area contributed by atoms with Gasteiger partial charge in [-0.1, -0.05) is 12.2 Å². The van der Waals surface area contributed by atoms with Crippen LogP contribution in [0, 0.1) is 0 Å². The third-order valence-electron chi connectivity index (χ3n) is 2.25. The molecule has 2 rings (SSSR count). The summed E-state index contributed by atoms with van der Waals surface area (Å²) in [6.07, 6.45) is 7.71. The summed E-state index contributed by atoms with van der Waals surface area (Å²) in [7, 11) is -3.33. The Balaban J connectivity index is 2.23. The summed E-state index contributed by atoms with van der Waals surface area (Å²) < 4.78 is 26.5. The van der Waals surface area contributed by atoms with Crippen LogP contribution in [0.3, 0.4) is 0 Å². The van der Waals surface area contributed by atoms with Crippen LogP contribution in [0.25, 0.3) is 0 Å². The molecule has 0 bridgehead atoms. The molecule has 2 aliphatic rings. The molecule has 0 amide bonds. The molecular formula is C11H15NO2S2. The van der Waals surface area contributed by atoms with Gasteiger partial charge < -0.3 is 0 Å². The third kappa shape index (κ3) is 2.36. The molecule has 1 unspecified atom stereocenters. The minimum Gasteiger partial charge on any atom is -0.209 e. The maximum absolute atomic E-state index is 12.0. The van der Waals surface area contributed by atoms with Gasteiger partial charge in [0.15, 0.2) is 0 Å². The van der Waals surface area contributed by atoms with Crippen molar-refractivity contribution < 1.29 is 8.42 Å². The van der Waals surface area contributed by atoms with Gasteiger partial charge in [-0.3, -0.25) is 0 Å². The van der Waals surface area contributed by atoms with Gasteiger partial charge in [-0.2, -0.15) is 0 Å². The first-order valence-electron chi connectivity index (χ1n) is 5.13. The molecule has 0 saturated heterocycles. The monoisotopic (exact) mass is 257 g/mol. The summed E-state index contributed by atoms with van der Waals surface area (Å²) in [6.45, 7) is 3.66. The maximum Gasteiger partial charge on any atom is 0.237 e. The van der Waals surface area contributed by atoms with Gasteiger partial charge in [0.2, 0.25) is 10.0 Å². The van der Waals surface area contributed by atoms with Crippen molar-refractivity contribution in [1.29, 1.82) is 0 Å². The second-order valence-corrected chi connectivity index (χ2v) is 7.71.